The molecule has 1 aliphatic heterocycles. The largest absolute Gasteiger partial charge is 0.298 e. The van der Waals surface area contributed by atoms with Crippen LogP contribution in [0.15, 0.2) is 11.7 Å². The number of aromatic nitrogens is 1. The van der Waals surface area contributed by atoms with Crippen LogP contribution in [0.2, 0.25) is 0 Å². The van der Waals surface area contributed by atoms with Crippen molar-refractivity contribution in [3.63, 3.8) is 0 Å². The van der Waals surface area contributed by atoms with Crippen LogP contribution in [0.5, 0.6) is 0 Å². The molecule has 78 valence electrons. The third kappa shape index (κ3) is 2.55. The summed E-state index contributed by atoms with van der Waals surface area (Å²) < 4.78 is 0. The van der Waals surface area contributed by atoms with Gasteiger partial charge in [0.15, 0.2) is 0 Å². The molecule has 0 saturated carbocycles. The quantitative estimate of drug-likeness (QED) is 0.771. The van der Waals surface area contributed by atoms with Gasteiger partial charge in [-0.2, -0.15) is 0 Å². The minimum atomic E-state index is 0.709. The van der Waals surface area contributed by atoms with Crippen molar-refractivity contribution in [2.24, 2.45) is 5.92 Å². The van der Waals surface area contributed by atoms with E-state index in [-0.39, 0.29) is 0 Å². The first kappa shape index (κ1) is 10.6. The monoisotopic (exact) mass is 274 g/mol. The average Bonchev–Trinajstić information content (AvgIpc) is 2.64. The molecule has 0 radical (unpaired) electrons. The van der Waals surface area contributed by atoms with Gasteiger partial charge in [-0.3, -0.25) is 9.88 Å². The Bertz CT molecular complexity index is 276. The number of likely N-dealkylation sites (tertiary alicyclic amines) is 1. The van der Waals surface area contributed by atoms with E-state index in [4.69, 9.17) is 0 Å². The van der Waals surface area contributed by atoms with Crippen LogP contribution in [0.3, 0.4) is 0 Å². The Morgan fingerprint density at radius 3 is 3.21 bits per heavy atom. The van der Waals surface area contributed by atoms with Crippen molar-refractivity contribution < 1.29 is 0 Å². The van der Waals surface area contributed by atoms with E-state index < -0.39 is 0 Å². The number of alkyl halides is 1. The van der Waals surface area contributed by atoms with E-state index in [2.05, 4.69) is 32.7 Å². The first-order valence-corrected chi connectivity index (χ1v) is 6.79. The highest BCUT2D eigenvalue weighted by Crippen LogP contribution is 2.24. The van der Waals surface area contributed by atoms with Gasteiger partial charge in [-0.1, -0.05) is 22.9 Å². The molecule has 2 atom stereocenters. The fraction of sp³-hybridized carbons (Fsp3) is 0.700. The highest BCUT2D eigenvalue weighted by Gasteiger charge is 2.23. The van der Waals surface area contributed by atoms with Crippen LogP contribution >= 0.6 is 27.3 Å². The number of hydrogen-bond acceptors (Lipinski definition) is 3. The maximum Gasteiger partial charge on any atom is 0.0794 e. The number of halogens is 1. The molecule has 2 unspecified atom stereocenters. The third-order valence-electron chi connectivity index (χ3n) is 2.75. The van der Waals surface area contributed by atoms with E-state index in [0.29, 0.717) is 4.83 Å². The lowest BCUT2D eigenvalue weighted by Crippen LogP contribution is -2.38. The van der Waals surface area contributed by atoms with Crippen molar-refractivity contribution in [2.45, 2.75) is 24.7 Å². The van der Waals surface area contributed by atoms with Gasteiger partial charge in [-0.25, -0.2) is 0 Å². The van der Waals surface area contributed by atoms with Gasteiger partial charge in [0.05, 0.1) is 5.51 Å². The van der Waals surface area contributed by atoms with Gasteiger partial charge in [0.25, 0.3) is 0 Å². The lowest BCUT2D eigenvalue weighted by atomic mass is 10.0. The smallest absolute Gasteiger partial charge is 0.0794 e. The summed E-state index contributed by atoms with van der Waals surface area (Å²) in [5, 5.41) is 0. The maximum absolute atomic E-state index is 4.10. The Labute approximate surface area is 97.5 Å². The van der Waals surface area contributed by atoms with Crippen molar-refractivity contribution in [3.8, 4) is 0 Å². The molecule has 14 heavy (non-hydrogen) atoms. The summed E-state index contributed by atoms with van der Waals surface area (Å²) in [5.74, 6) is 0.761. The molecule has 1 fully saturated rings. The Hall–Kier alpha value is 0.0700. The first-order chi connectivity index (χ1) is 6.75. The predicted octanol–water partition coefficient (Wildman–Crippen LogP) is 2.75. The van der Waals surface area contributed by atoms with Gasteiger partial charge < -0.3 is 0 Å². The molecule has 0 N–H and O–H groups in total. The third-order valence-corrected chi connectivity index (χ3v) is 4.87. The van der Waals surface area contributed by atoms with Crippen LogP contribution in [0.1, 0.15) is 18.2 Å². The van der Waals surface area contributed by atoms with Crippen LogP contribution < -0.4 is 0 Å². The second kappa shape index (κ2) is 4.73. The van der Waals surface area contributed by atoms with Crippen LogP contribution in [0.4, 0.5) is 0 Å². The summed E-state index contributed by atoms with van der Waals surface area (Å²) in [6.45, 7) is 5.80. The summed E-state index contributed by atoms with van der Waals surface area (Å²) in [5.41, 5.74) is 1.91. The van der Waals surface area contributed by atoms with Gasteiger partial charge in [-0.15, -0.1) is 11.3 Å². The molecule has 2 rings (SSSR count). The minimum absolute atomic E-state index is 0.709. The zero-order chi connectivity index (χ0) is 9.97. The summed E-state index contributed by atoms with van der Waals surface area (Å²) >= 11 is 5.48. The topological polar surface area (TPSA) is 16.1 Å². The zero-order valence-corrected chi connectivity index (χ0v) is 10.7. The minimum Gasteiger partial charge on any atom is -0.298 e. The van der Waals surface area contributed by atoms with Crippen LogP contribution in [-0.4, -0.2) is 27.8 Å². The van der Waals surface area contributed by atoms with Crippen LogP contribution in [0, 0.1) is 5.92 Å². The van der Waals surface area contributed by atoms with Gasteiger partial charge in [-0.05, 0) is 18.9 Å². The Morgan fingerprint density at radius 2 is 2.57 bits per heavy atom. The number of hydrogen-bond donors (Lipinski definition) is 0. The summed E-state index contributed by atoms with van der Waals surface area (Å²) in [7, 11) is 0. The normalized spacial score (nSPS) is 29.3. The Kier molecular flexibility index (Phi) is 3.57. The number of rotatable bonds is 2. The van der Waals surface area contributed by atoms with E-state index in [9.17, 15) is 0 Å². The van der Waals surface area contributed by atoms with E-state index >= 15 is 0 Å². The number of piperidine rings is 1. The summed E-state index contributed by atoms with van der Waals surface area (Å²) in [4.78, 5) is 8.72. The highest BCUT2D eigenvalue weighted by molar-refractivity contribution is 9.09. The molecular formula is C10H15BrN2S. The van der Waals surface area contributed by atoms with Crippen LogP contribution in [-0.2, 0) is 6.54 Å². The van der Waals surface area contributed by atoms with Crippen molar-refractivity contribution in [1.82, 2.24) is 9.88 Å². The molecule has 0 aromatic carbocycles. The van der Waals surface area contributed by atoms with Gasteiger partial charge >= 0.3 is 0 Å². The van der Waals surface area contributed by atoms with Crippen molar-refractivity contribution in [2.75, 3.05) is 13.1 Å². The second-order valence-corrected chi connectivity index (χ2v) is 6.13. The molecule has 4 heteroatoms. The van der Waals surface area contributed by atoms with E-state index in [1.54, 1.807) is 11.3 Å². The van der Waals surface area contributed by atoms with Gasteiger partial charge in [0.1, 0.15) is 0 Å². The molecule has 1 saturated heterocycles. The average molecular weight is 275 g/mol. The highest BCUT2D eigenvalue weighted by atomic mass is 79.9. The van der Waals surface area contributed by atoms with Crippen molar-refractivity contribution in [1.29, 1.82) is 0 Å². The molecule has 0 amide bonds. The summed E-state index contributed by atoms with van der Waals surface area (Å²) in [6, 6.07) is 0. The standard InChI is InChI=1S/C10H15BrN2S/c1-8-5-13(3-2-10(8)11)6-9-4-12-7-14-9/h4,7-8,10H,2-3,5-6H2,1H3. The van der Waals surface area contributed by atoms with Gasteiger partial charge in [0, 0.05) is 29.0 Å². The maximum atomic E-state index is 4.10. The molecule has 2 heterocycles. The molecule has 1 aliphatic rings. The van der Waals surface area contributed by atoms with Crippen molar-refractivity contribution >= 4 is 27.3 Å². The number of nitrogens with zero attached hydrogens (tertiary/aromatic N) is 2. The van der Waals surface area contributed by atoms with Crippen molar-refractivity contribution in [3.05, 3.63) is 16.6 Å². The number of thiazole rings is 1. The summed E-state index contributed by atoms with van der Waals surface area (Å²) in [6.07, 6.45) is 3.25. The molecule has 1 aromatic heterocycles. The Morgan fingerprint density at radius 1 is 1.71 bits per heavy atom. The predicted molar refractivity (Wildman–Crippen MR) is 63.9 cm³/mol. The second-order valence-electron chi connectivity index (χ2n) is 3.98. The SMILES string of the molecule is CC1CN(Cc2cncs2)CCC1Br. The molecule has 2 nitrogen and oxygen atoms in total. The van der Waals surface area contributed by atoms with Crippen LogP contribution in [0.25, 0.3) is 0 Å². The molecule has 1 aromatic rings. The molecular weight excluding hydrogens is 260 g/mol. The fourth-order valence-corrected chi connectivity index (χ4v) is 2.90. The Balaban J connectivity index is 1.88. The van der Waals surface area contributed by atoms with Gasteiger partial charge in [0.2, 0.25) is 0 Å². The van der Waals surface area contributed by atoms with E-state index in [0.717, 1.165) is 12.5 Å². The lowest BCUT2D eigenvalue weighted by Gasteiger charge is -2.33. The molecule has 0 aliphatic carbocycles. The zero-order valence-electron chi connectivity index (χ0n) is 8.32. The van der Waals surface area contributed by atoms with E-state index in [1.165, 1.54) is 24.4 Å². The fourth-order valence-electron chi connectivity index (χ4n) is 1.89. The van der Waals surface area contributed by atoms with E-state index in [1.807, 2.05) is 11.7 Å². The molecule has 0 bridgehead atoms. The molecule has 0 spiro atoms. The lowest BCUT2D eigenvalue weighted by molar-refractivity contribution is 0.185. The first-order valence-electron chi connectivity index (χ1n) is 4.99.